The van der Waals surface area contributed by atoms with Gasteiger partial charge in [-0.15, -0.1) is 4.52 Å². The van der Waals surface area contributed by atoms with Crippen molar-refractivity contribution in [2.45, 2.75) is 141 Å². The summed E-state index contributed by atoms with van der Waals surface area (Å²) in [7, 11) is -3.04. The number of fused-ring (bicyclic) bond motifs is 1. The Balaban J connectivity index is 1.46. The largest absolute Gasteiger partial charge is 0.570 e. The second-order valence-electron chi connectivity index (χ2n) is 13.8. The second-order valence-corrected chi connectivity index (χ2v) is 15.3. The number of hydrogen-bond acceptors (Lipinski definition) is 11. The fraction of sp³-hybridized carbons (Fsp3) is 0.641. The highest BCUT2D eigenvalue weighted by Crippen LogP contribution is 2.53. The van der Waals surface area contributed by atoms with E-state index in [2.05, 4.69) is 23.1 Å². The Morgan fingerprint density at radius 1 is 0.925 bits per heavy atom. The zero-order valence-corrected chi connectivity index (χ0v) is 32.5. The van der Waals surface area contributed by atoms with Crippen LogP contribution in [0.1, 0.15) is 133 Å². The first kappa shape index (κ1) is 44.1. The monoisotopic (exact) mass is 757 g/mol. The maximum Gasteiger partial charge on any atom is 0.570 e. The number of halogens is 1. The Bertz CT molecular complexity index is 1580. The lowest BCUT2D eigenvalue weighted by molar-refractivity contribution is -0.0368. The van der Waals surface area contributed by atoms with E-state index in [9.17, 15) is 24.7 Å². The molecule has 0 aliphatic carbocycles. The molecule has 0 amide bonds. The van der Waals surface area contributed by atoms with Gasteiger partial charge in [0.25, 0.3) is 0 Å². The SMILES string of the molecule is CCCCCCCCCCCCCCCCC[C@@H](CO[P+](O)(O)OC[C@](C#N)(CCc1ccc2c(N)ncnn12)OC)OCc1cc(F)cc(C#N)c1. The van der Waals surface area contributed by atoms with E-state index < -0.39 is 32.3 Å². The van der Waals surface area contributed by atoms with Crippen molar-refractivity contribution in [3.05, 3.63) is 59.3 Å². The number of nitriles is 2. The first-order valence-corrected chi connectivity index (χ1v) is 20.7. The van der Waals surface area contributed by atoms with E-state index in [1.165, 1.54) is 90.1 Å². The van der Waals surface area contributed by atoms with E-state index in [1.807, 2.05) is 12.1 Å². The van der Waals surface area contributed by atoms with E-state index in [4.69, 9.17) is 24.3 Å². The van der Waals surface area contributed by atoms with Gasteiger partial charge in [0.1, 0.15) is 36.9 Å². The van der Waals surface area contributed by atoms with Crippen molar-refractivity contribution in [3.63, 3.8) is 0 Å². The van der Waals surface area contributed by atoms with Crippen LogP contribution in [0.3, 0.4) is 0 Å². The van der Waals surface area contributed by atoms with Crippen LogP contribution in [0.5, 0.6) is 0 Å². The number of aromatic nitrogens is 3. The lowest BCUT2D eigenvalue weighted by atomic mass is 9.99. The molecule has 0 radical (unpaired) electrons. The smallest absolute Gasteiger partial charge is 0.382 e. The number of methoxy groups -OCH3 is 1. The molecule has 0 fully saturated rings. The van der Waals surface area contributed by atoms with Crippen LogP contribution in [0.2, 0.25) is 0 Å². The summed E-state index contributed by atoms with van der Waals surface area (Å²) in [6.07, 6.45) is 20.4. The normalized spacial score (nSPS) is 13.5. The molecule has 3 aromatic rings. The number of benzene rings is 1. The van der Waals surface area contributed by atoms with E-state index in [0.29, 0.717) is 29.7 Å². The third kappa shape index (κ3) is 16.3. The lowest BCUT2D eigenvalue weighted by Gasteiger charge is -2.24. The third-order valence-electron chi connectivity index (χ3n) is 9.54. The van der Waals surface area contributed by atoms with Gasteiger partial charge in [-0.2, -0.15) is 29.9 Å². The molecule has 0 aliphatic rings. The molecular formula is C39H59FN6O6P+. The van der Waals surface area contributed by atoms with Crippen molar-refractivity contribution in [1.82, 2.24) is 14.6 Å². The fourth-order valence-corrected chi connectivity index (χ4v) is 7.08. The molecule has 4 N–H and O–H groups in total. The molecule has 3 rings (SSSR count). The van der Waals surface area contributed by atoms with E-state index in [1.54, 1.807) is 16.6 Å². The summed E-state index contributed by atoms with van der Waals surface area (Å²) < 4.78 is 38.1. The summed E-state index contributed by atoms with van der Waals surface area (Å²) >= 11 is 0. The van der Waals surface area contributed by atoms with Gasteiger partial charge in [0.15, 0.2) is 11.4 Å². The Kier molecular flexibility index (Phi) is 20.2. The molecule has 0 spiro atoms. The van der Waals surface area contributed by atoms with Gasteiger partial charge in [0, 0.05) is 12.8 Å². The maximum atomic E-state index is 14.1. The minimum absolute atomic E-state index is 0.00850. The van der Waals surface area contributed by atoms with Crippen molar-refractivity contribution >= 4 is 19.5 Å². The molecule has 0 aliphatic heterocycles. The summed E-state index contributed by atoms with van der Waals surface area (Å²) in [4.78, 5) is 25.4. The van der Waals surface area contributed by atoms with Crippen LogP contribution >= 0.6 is 8.17 Å². The molecule has 2 atom stereocenters. The van der Waals surface area contributed by atoms with Crippen molar-refractivity contribution in [2.75, 3.05) is 26.1 Å². The molecule has 0 saturated carbocycles. The van der Waals surface area contributed by atoms with Gasteiger partial charge in [0.05, 0.1) is 24.3 Å². The van der Waals surface area contributed by atoms with Gasteiger partial charge in [-0.1, -0.05) is 103 Å². The zero-order chi connectivity index (χ0) is 38.4. The van der Waals surface area contributed by atoms with Gasteiger partial charge in [-0.25, -0.2) is 13.9 Å². The third-order valence-corrected chi connectivity index (χ3v) is 10.5. The highest BCUT2D eigenvalue weighted by atomic mass is 31.2. The van der Waals surface area contributed by atoms with Crippen LogP contribution in [0.4, 0.5) is 10.2 Å². The van der Waals surface area contributed by atoms with Crippen LogP contribution in [0.15, 0.2) is 36.7 Å². The molecule has 12 nitrogen and oxygen atoms in total. The first-order valence-electron chi connectivity index (χ1n) is 19.1. The Morgan fingerprint density at radius 2 is 1.57 bits per heavy atom. The number of nitrogen functional groups attached to an aromatic ring is 1. The highest BCUT2D eigenvalue weighted by Gasteiger charge is 2.45. The summed E-state index contributed by atoms with van der Waals surface area (Å²) in [6.45, 7) is 1.59. The Labute approximate surface area is 315 Å². The van der Waals surface area contributed by atoms with E-state index in [-0.39, 0.29) is 25.2 Å². The summed E-state index contributed by atoms with van der Waals surface area (Å²) in [6, 6.07) is 11.6. The van der Waals surface area contributed by atoms with Crippen molar-refractivity contribution in [3.8, 4) is 12.1 Å². The standard InChI is InChI=1S/C39H59FN6O6P/c1-3-4-5-6-7-8-9-10-11-12-13-14-15-16-17-18-36(50-27-33-23-32(26-41)24-34(40)25-33)28-51-53(47,48)52-30-39(29-42,49-2)22-21-35-19-20-37-38(43)44-31-45-46(35)37/h19-20,23-25,31,36,47-48H,3-18,21-22,27-28,30H2,1-2H3,(H2,43,44,45)/q+1/t36-,39+/m0/s1. The quantitative estimate of drug-likeness (QED) is 0.0455. The molecule has 0 saturated heterocycles. The maximum absolute atomic E-state index is 14.1. The number of ether oxygens (including phenoxy) is 2. The van der Waals surface area contributed by atoms with Gasteiger partial charge in [-0.3, -0.25) is 0 Å². The molecule has 53 heavy (non-hydrogen) atoms. The van der Waals surface area contributed by atoms with Crippen LogP contribution in [0, 0.1) is 28.5 Å². The summed E-state index contributed by atoms with van der Waals surface area (Å²) in [5.41, 5.74) is 6.48. The zero-order valence-electron chi connectivity index (χ0n) is 31.6. The Morgan fingerprint density at radius 3 is 2.17 bits per heavy atom. The highest BCUT2D eigenvalue weighted by molar-refractivity contribution is 7.54. The first-order chi connectivity index (χ1) is 25.6. The molecular weight excluding hydrogens is 698 g/mol. The number of hydrogen-bond donors (Lipinski definition) is 3. The minimum Gasteiger partial charge on any atom is -0.382 e. The number of unbranched alkanes of at least 4 members (excludes halogenated alkanes) is 14. The Hall–Kier alpha value is -3.26. The molecule has 0 unspecified atom stereocenters. The van der Waals surface area contributed by atoms with Crippen molar-refractivity contribution in [1.29, 1.82) is 10.5 Å². The van der Waals surface area contributed by atoms with Gasteiger partial charge >= 0.3 is 8.17 Å². The molecule has 0 bridgehead atoms. The second kappa shape index (κ2) is 24.2. The number of rotatable bonds is 29. The predicted octanol–water partition coefficient (Wildman–Crippen LogP) is 8.71. The number of nitrogens with zero attached hydrogens (tertiary/aromatic N) is 5. The van der Waals surface area contributed by atoms with Crippen molar-refractivity contribution < 1.29 is 32.7 Å². The number of anilines is 1. The van der Waals surface area contributed by atoms with Gasteiger partial charge < -0.3 is 15.2 Å². The molecule has 2 heterocycles. The molecule has 1 aromatic carbocycles. The molecule has 14 heteroatoms. The number of nitrogens with two attached hydrogens (primary N) is 1. The topological polar surface area (TPSA) is 181 Å². The molecule has 292 valence electrons. The average Bonchev–Trinajstić information content (AvgIpc) is 3.58. The van der Waals surface area contributed by atoms with Crippen LogP contribution < -0.4 is 5.73 Å². The summed E-state index contributed by atoms with van der Waals surface area (Å²) in [5, 5.41) is 23.5. The predicted molar refractivity (Wildman–Crippen MR) is 204 cm³/mol. The molecule has 2 aromatic heterocycles. The van der Waals surface area contributed by atoms with Crippen molar-refractivity contribution in [2.24, 2.45) is 0 Å². The van der Waals surface area contributed by atoms with Gasteiger partial charge in [0.2, 0.25) is 0 Å². The lowest BCUT2D eigenvalue weighted by Crippen LogP contribution is -2.36. The summed E-state index contributed by atoms with van der Waals surface area (Å²) in [5.74, 6) is -0.214. The van der Waals surface area contributed by atoms with Crippen LogP contribution in [-0.2, 0) is 31.5 Å². The van der Waals surface area contributed by atoms with Gasteiger partial charge in [-0.05, 0) is 55.2 Å². The average molecular weight is 758 g/mol. The minimum atomic E-state index is -4.40. The van der Waals surface area contributed by atoms with Crippen LogP contribution in [0.25, 0.3) is 5.52 Å². The van der Waals surface area contributed by atoms with E-state index >= 15 is 0 Å². The fourth-order valence-electron chi connectivity index (χ4n) is 6.27. The van der Waals surface area contributed by atoms with Crippen LogP contribution in [-0.4, -0.2) is 56.4 Å². The van der Waals surface area contributed by atoms with E-state index in [0.717, 1.165) is 37.4 Å². The number of aryl methyl sites for hydroxylation is 1.